The van der Waals surface area contributed by atoms with Crippen molar-refractivity contribution < 1.29 is 17.6 Å². The standard InChI is InChI=1S/C28H25ClFN3O3S/c29-23-11-6-10-21(15-23)27(34)32(24-13-14-24)18-25-16-31-28(33(25)17-20-7-2-1-3-8-20)37(35,36)19-22-9-4-5-12-26(22)30/h1-12,15-16,24H,13-14,17-19H2. The molecule has 0 aliphatic heterocycles. The summed E-state index contributed by atoms with van der Waals surface area (Å²) in [6, 6.07) is 22.1. The van der Waals surface area contributed by atoms with Crippen LogP contribution in [0.2, 0.25) is 5.02 Å². The lowest BCUT2D eigenvalue weighted by atomic mass is 10.2. The number of benzene rings is 3. The average molecular weight is 538 g/mol. The number of aromatic nitrogens is 2. The molecule has 6 nitrogen and oxygen atoms in total. The molecule has 0 spiro atoms. The van der Waals surface area contributed by atoms with Crippen molar-refractivity contribution in [3.8, 4) is 0 Å². The molecule has 1 amide bonds. The Morgan fingerprint density at radius 1 is 1.03 bits per heavy atom. The van der Waals surface area contributed by atoms with Gasteiger partial charge in [0.2, 0.25) is 15.0 Å². The molecule has 9 heteroatoms. The molecule has 1 fully saturated rings. The van der Waals surface area contributed by atoms with E-state index in [2.05, 4.69) is 4.98 Å². The Morgan fingerprint density at radius 3 is 2.46 bits per heavy atom. The Labute approximate surface area is 220 Å². The van der Waals surface area contributed by atoms with Gasteiger partial charge < -0.3 is 9.47 Å². The summed E-state index contributed by atoms with van der Waals surface area (Å²) in [6.45, 7) is 0.428. The van der Waals surface area contributed by atoms with Crippen molar-refractivity contribution in [2.75, 3.05) is 0 Å². The number of hydrogen-bond acceptors (Lipinski definition) is 4. The zero-order valence-corrected chi connectivity index (χ0v) is 21.5. The van der Waals surface area contributed by atoms with Crippen molar-refractivity contribution in [3.63, 3.8) is 0 Å². The summed E-state index contributed by atoms with van der Waals surface area (Å²) in [6.07, 6.45) is 3.24. The van der Waals surface area contributed by atoms with E-state index in [1.165, 1.54) is 24.4 Å². The van der Waals surface area contributed by atoms with E-state index in [0.29, 0.717) is 16.3 Å². The summed E-state index contributed by atoms with van der Waals surface area (Å²) in [5.41, 5.74) is 2.01. The molecule has 0 atom stereocenters. The second-order valence-electron chi connectivity index (χ2n) is 9.13. The van der Waals surface area contributed by atoms with E-state index in [1.54, 1.807) is 39.8 Å². The molecule has 1 saturated carbocycles. The van der Waals surface area contributed by atoms with Crippen LogP contribution in [0.5, 0.6) is 0 Å². The monoisotopic (exact) mass is 537 g/mol. The van der Waals surface area contributed by atoms with Crippen molar-refractivity contribution >= 4 is 27.3 Å². The summed E-state index contributed by atoms with van der Waals surface area (Å²) in [7, 11) is -3.99. The first-order valence-electron chi connectivity index (χ1n) is 11.9. The van der Waals surface area contributed by atoms with Crippen LogP contribution in [0.25, 0.3) is 0 Å². The highest BCUT2D eigenvalue weighted by Crippen LogP contribution is 2.31. The molecule has 1 aliphatic carbocycles. The van der Waals surface area contributed by atoms with Crippen LogP contribution < -0.4 is 0 Å². The molecule has 0 unspecified atom stereocenters. The maximum atomic E-state index is 14.3. The maximum absolute atomic E-state index is 14.3. The van der Waals surface area contributed by atoms with Gasteiger partial charge in [-0.15, -0.1) is 0 Å². The van der Waals surface area contributed by atoms with Gasteiger partial charge in [0, 0.05) is 22.2 Å². The summed E-state index contributed by atoms with van der Waals surface area (Å²) in [5.74, 6) is -1.27. The minimum absolute atomic E-state index is 0.0602. The van der Waals surface area contributed by atoms with Crippen LogP contribution in [0.3, 0.4) is 0 Å². The van der Waals surface area contributed by atoms with Crippen molar-refractivity contribution in [1.29, 1.82) is 0 Å². The van der Waals surface area contributed by atoms with Crippen LogP contribution in [-0.4, -0.2) is 34.8 Å². The van der Waals surface area contributed by atoms with Crippen molar-refractivity contribution in [1.82, 2.24) is 14.5 Å². The molecule has 4 aromatic rings. The van der Waals surface area contributed by atoms with E-state index in [4.69, 9.17) is 11.6 Å². The Balaban J connectivity index is 1.51. The molecule has 5 rings (SSSR count). The summed E-state index contributed by atoms with van der Waals surface area (Å²) >= 11 is 6.12. The molecule has 190 valence electrons. The Hall–Kier alpha value is -3.49. The van der Waals surface area contributed by atoms with Gasteiger partial charge in [-0.25, -0.2) is 17.8 Å². The smallest absolute Gasteiger partial charge is 0.254 e. The predicted octanol–water partition coefficient (Wildman–Crippen LogP) is 5.50. The van der Waals surface area contributed by atoms with Crippen molar-refractivity contribution in [3.05, 3.63) is 118 Å². The van der Waals surface area contributed by atoms with Crippen molar-refractivity contribution in [2.45, 2.75) is 42.9 Å². The third kappa shape index (κ3) is 5.76. The lowest BCUT2D eigenvalue weighted by Crippen LogP contribution is -2.33. The fraction of sp³-hybridized carbons (Fsp3) is 0.214. The molecule has 1 heterocycles. The van der Waals surface area contributed by atoms with Crippen LogP contribution in [0.4, 0.5) is 4.39 Å². The highest BCUT2D eigenvalue weighted by molar-refractivity contribution is 7.90. The predicted molar refractivity (Wildman–Crippen MR) is 139 cm³/mol. The number of imidazole rings is 1. The van der Waals surface area contributed by atoms with Gasteiger partial charge in [0.15, 0.2) is 0 Å². The van der Waals surface area contributed by atoms with Crippen molar-refractivity contribution in [2.24, 2.45) is 0 Å². The summed E-state index contributed by atoms with van der Waals surface area (Å²) in [5, 5.41) is 0.317. The number of carbonyl (C=O) groups excluding carboxylic acids is 1. The lowest BCUT2D eigenvalue weighted by Gasteiger charge is -2.24. The van der Waals surface area contributed by atoms with Crippen LogP contribution in [0, 0.1) is 5.82 Å². The van der Waals surface area contributed by atoms with Gasteiger partial charge in [0.1, 0.15) is 5.82 Å². The molecule has 3 aromatic carbocycles. The minimum Gasteiger partial charge on any atom is -0.330 e. The molecular weight excluding hydrogens is 513 g/mol. The molecule has 1 aromatic heterocycles. The summed E-state index contributed by atoms with van der Waals surface area (Å²) < 4.78 is 42.8. The molecule has 37 heavy (non-hydrogen) atoms. The topological polar surface area (TPSA) is 72.3 Å². The molecule has 0 radical (unpaired) electrons. The van der Waals surface area contributed by atoms with Crippen LogP contribution >= 0.6 is 11.6 Å². The van der Waals surface area contributed by atoms with E-state index >= 15 is 0 Å². The van der Waals surface area contributed by atoms with Gasteiger partial charge in [0.25, 0.3) is 5.91 Å². The normalized spacial score (nSPS) is 13.5. The Kier molecular flexibility index (Phi) is 7.13. The Bertz CT molecular complexity index is 1540. The van der Waals surface area contributed by atoms with Gasteiger partial charge >= 0.3 is 0 Å². The molecular formula is C28H25ClFN3O3S. The van der Waals surface area contributed by atoms with Crippen LogP contribution in [0.15, 0.2) is 90.2 Å². The molecule has 0 saturated heterocycles. The van der Waals surface area contributed by atoms with E-state index in [9.17, 15) is 17.6 Å². The number of nitrogens with zero attached hydrogens (tertiary/aromatic N) is 3. The van der Waals surface area contributed by atoms with E-state index in [1.807, 2.05) is 30.3 Å². The second-order valence-corrected chi connectivity index (χ2v) is 11.4. The van der Waals surface area contributed by atoms with Gasteiger partial charge in [-0.05, 0) is 42.7 Å². The van der Waals surface area contributed by atoms with Crippen LogP contribution in [-0.2, 0) is 28.7 Å². The molecule has 0 bridgehead atoms. The fourth-order valence-electron chi connectivity index (χ4n) is 4.30. The first-order valence-corrected chi connectivity index (χ1v) is 14.0. The minimum atomic E-state index is -3.99. The second kappa shape index (κ2) is 10.5. The average Bonchev–Trinajstić information content (AvgIpc) is 3.65. The largest absolute Gasteiger partial charge is 0.330 e. The number of amides is 1. The molecule has 1 aliphatic rings. The van der Waals surface area contributed by atoms with E-state index < -0.39 is 21.4 Å². The van der Waals surface area contributed by atoms with E-state index in [0.717, 1.165) is 18.4 Å². The quantitative estimate of drug-likeness (QED) is 0.282. The lowest BCUT2D eigenvalue weighted by molar-refractivity contribution is 0.0725. The number of sulfone groups is 1. The first-order chi connectivity index (χ1) is 17.8. The van der Waals surface area contributed by atoms with E-state index in [-0.39, 0.29) is 35.8 Å². The SMILES string of the molecule is O=C(c1cccc(Cl)c1)N(Cc1cnc(S(=O)(=O)Cc2ccccc2F)n1Cc1ccccc1)C1CC1. The highest BCUT2D eigenvalue weighted by atomic mass is 35.5. The third-order valence-corrected chi connectivity index (χ3v) is 8.13. The van der Waals surface area contributed by atoms with Gasteiger partial charge in [-0.1, -0.05) is 66.2 Å². The number of halogens is 2. The van der Waals surface area contributed by atoms with Gasteiger partial charge in [-0.2, -0.15) is 0 Å². The highest BCUT2D eigenvalue weighted by Gasteiger charge is 2.35. The van der Waals surface area contributed by atoms with Gasteiger partial charge in [-0.3, -0.25) is 4.79 Å². The number of rotatable bonds is 9. The maximum Gasteiger partial charge on any atom is 0.254 e. The zero-order valence-electron chi connectivity index (χ0n) is 19.9. The number of hydrogen-bond donors (Lipinski definition) is 0. The summed E-state index contributed by atoms with van der Waals surface area (Å²) in [4.78, 5) is 19.4. The fourth-order valence-corrected chi connectivity index (χ4v) is 5.99. The van der Waals surface area contributed by atoms with Crippen LogP contribution in [0.1, 0.15) is 40.0 Å². The van der Waals surface area contributed by atoms with Gasteiger partial charge in [0.05, 0.1) is 30.7 Å². The zero-order chi connectivity index (χ0) is 26.0. The first kappa shape index (κ1) is 25.2. The molecule has 0 N–H and O–H groups in total. The number of carbonyl (C=O) groups is 1. The third-order valence-electron chi connectivity index (χ3n) is 6.32. The Morgan fingerprint density at radius 2 is 1.76 bits per heavy atom.